The molecule has 1 atom stereocenters. The van der Waals surface area contributed by atoms with Gasteiger partial charge < -0.3 is 25.8 Å². The molecule has 7 heteroatoms. The van der Waals surface area contributed by atoms with E-state index in [2.05, 4.69) is 5.32 Å². The fourth-order valence-corrected chi connectivity index (χ4v) is 2.22. The number of hydrogen-bond donors (Lipinski definition) is 3. The minimum atomic E-state index is -0.959. The maximum atomic E-state index is 12.0. The van der Waals surface area contributed by atoms with E-state index < -0.39 is 5.97 Å². The number of amides is 1. The van der Waals surface area contributed by atoms with Crippen molar-refractivity contribution in [3.63, 3.8) is 0 Å². The van der Waals surface area contributed by atoms with Crippen LogP contribution < -0.4 is 11.1 Å². The molecule has 7 nitrogen and oxygen atoms in total. The fraction of sp³-hybridized carbons (Fsp3) is 0.467. The van der Waals surface area contributed by atoms with Crippen molar-refractivity contribution in [3.05, 3.63) is 29.8 Å². The summed E-state index contributed by atoms with van der Waals surface area (Å²) in [5, 5.41) is 11.9. The van der Waals surface area contributed by atoms with Crippen LogP contribution >= 0.6 is 0 Å². The van der Waals surface area contributed by atoms with Crippen molar-refractivity contribution in [1.82, 2.24) is 4.90 Å². The Morgan fingerprint density at radius 2 is 1.91 bits per heavy atom. The topological polar surface area (TPSA) is 105 Å². The smallest absolute Gasteiger partial charge is 0.335 e. The monoisotopic (exact) mass is 307 g/mol. The van der Waals surface area contributed by atoms with Crippen LogP contribution in [-0.4, -0.2) is 60.8 Å². The van der Waals surface area contributed by atoms with E-state index in [0.29, 0.717) is 32.8 Å². The van der Waals surface area contributed by atoms with E-state index in [1.807, 2.05) is 0 Å². The number of rotatable bonds is 6. The largest absolute Gasteiger partial charge is 0.478 e. The van der Waals surface area contributed by atoms with Crippen molar-refractivity contribution >= 4 is 17.6 Å². The average Bonchev–Trinajstić information content (AvgIpc) is 2.54. The molecule has 2 rings (SSSR count). The molecule has 22 heavy (non-hydrogen) atoms. The summed E-state index contributed by atoms with van der Waals surface area (Å²) >= 11 is 0. The number of anilines is 1. The van der Waals surface area contributed by atoms with E-state index in [1.54, 1.807) is 17.0 Å². The lowest BCUT2D eigenvalue weighted by molar-refractivity contribution is -0.135. The third kappa shape index (κ3) is 4.71. The number of carbonyl (C=O) groups is 2. The van der Waals surface area contributed by atoms with E-state index in [9.17, 15) is 9.59 Å². The second-order valence-electron chi connectivity index (χ2n) is 5.22. The molecule has 1 fully saturated rings. The lowest BCUT2D eigenvalue weighted by Gasteiger charge is -2.28. The van der Waals surface area contributed by atoms with E-state index >= 15 is 0 Å². The number of aromatic carboxylic acids is 1. The number of nitrogens with one attached hydrogen (secondary N) is 1. The van der Waals surface area contributed by atoms with Crippen LogP contribution in [0, 0.1) is 0 Å². The zero-order valence-electron chi connectivity index (χ0n) is 12.3. The lowest BCUT2D eigenvalue weighted by atomic mass is 10.1. The molecular weight excluding hydrogens is 286 g/mol. The highest BCUT2D eigenvalue weighted by molar-refractivity contribution is 5.88. The van der Waals surface area contributed by atoms with Crippen molar-refractivity contribution in [2.24, 2.45) is 5.73 Å². The first-order chi connectivity index (χ1) is 10.6. The van der Waals surface area contributed by atoms with Gasteiger partial charge in [0, 0.05) is 37.8 Å². The first-order valence-corrected chi connectivity index (χ1v) is 7.24. The Kier molecular flexibility index (Phi) is 5.74. The van der Waals surface area contributed by atoms with E-state index in [4.69, 9.17) is 15.6 Å². The van der Waals surface area contributed by atoms with Crippen LogP contribution in [0.25, 0.3) is 0 Å². The van der Waals surface area contributed by atoms with Crippen molar-refractivity contribution in [2.45, 2.75) is 12.5 Å². The molecule has 1 heterocycles. The van der Waals surface area contributed by atoms with Gasteiger partial charge in [0.15, 0.2) is 0 Å². The number of ether oxygens (including phenoxy) is 1. The SMILES string of the molecule is N[C@H](CNc1ccc(C(=O)O)cc1)CC(=O)N1CCOCC1. The van der Waals surface area contributed by atoms with Crippen molar-refractivity contribution in [1.29, 1.82) is 0 Å². The van der Waals surface area contributed by atoms with Gasteiger partial charge in [-0.3, -0.25) is 4.79 Å². The number of nitrogens with two attached hydrogens (primary N) is 1. The molecule has 4 N–H and O–H groups in total. The summed E-state index contributed by atoms with van der Waals surface area (Å²) in [4.78, 5) is 24.6. The number of carboxylic acid groups (broad SMARTS) is 1. The predicted molar refractivity (Wildman–Crippen MR) is 81.9 cm³/mol. The standard InChI is InChI=1S/C15H21N3O4/c16-12(9-14(19)18-5-7-22-8-6-18)10-17-13-3-1-11(2-4-13)15(20)21/h1-4,12,17H,5-10,16H2,(H,20,21)/t12-/m0/s1. The quantitative estimate of drug-likeness (QED) is 0.701. The molecule has 1 aliphatic heterocycles. The number of hydrogen-bond acceptors (Lipinski definition) is 5. The predicted octanol–water partition coefficient (Wildman–Crippen LogP) is 0.373. The van der Waals surface area contributed by atoms with Crippen LogP contribution in [0.3, 0.4) is 0 Å². The van der Waals surface area contributed by atoms with Crippen LogP contribution in [0.1, 0.15) is 16.8 Å². The Hall–Kier alpha value is -2.12. The van der Waals surface area contributed by atoms with Gasteiger partial charge in [-0.15, -0.1) is 0 Å². The van der Waals surface area contributed by atoms with Crippen molar-refractivity contribution in [2.75, 3.05) is 38.2 Å². The zero-order chi connectivity index (χ0) is 15.9. The highest BCUT2D eigenvalue weighted by Crippen LogP contribution is 2.10. The second kappa shape index (κ2) is 7.77. The molecule has 0 aliphatic carbocycles. The van der Waals surface area contributed by atoms with Gasteiger partial charge in [0.05, 0.1) is 18.8 Å². The minimum absolute atomic E-state index is 0.0406. The van der Waals surface area contributed by atoms with Crippen LogP contribution in [0.4, 0.5) is 5.69 Å². The normalized spacial score (nSPS) is 16.1. The van der Waals surface area contributed by atoms with Gasteiger partial charge in [0.1, 0.15) is 0 Å². The summed E-state index contributed by atoms with van der Waals surface area (Å²) in [6, 6.07) is 6.11. The summed E-state index contributed by atoms with van der Waals surface area (Å²) < 4.78 is 5.21. The number of nitrogens with zero attached hydrogens (tertiary/aromatic N) is 1. The molecule has 1 aromatic rings. The van der Waals surface area contributed by atoms with Gasteiger partial charge in [0.2, 0.25) is 5.91 Å². The first-order valence-electron chi connectivity index (χ1n) is 7.24. The lowest BCUT2D eigenvalue weighted by Crippen LogP contribution is -2.44. The fourth-order valence-electron chi connectivity index (χ4n) is 2.22. The molecule has 1 saturated heterocycles. The first kappa shape index (κ1) is 16.3. The molecule has 0 bridgehead atoms. The van der Waals surface area contributed by atoms with Gasteiger partial charge in [-0.25, -0.2) is 4.79 Å². The Labute approximate surface area is 129 Å². The number of carboxylic acids is 1. The second-order valence-corrected chi connectivity index (χ2v) is 5.22. The Bertz CT molecular complexity index is 512. The minimum Gasteiger partial charge on any atom is -0.478 e. The zero-order valence-corrected chi connectivity index (χ0v) is 12.3. The summed E-state index contributed by atoms with van der Waals surface area (Å²) in [5.41, 5.74) is 6.98. The molecule has 0 saturated carbocycles. The van der Waals surface area contributed by atoms with Gasteiger partial charge in [-0.05, 0) is 24.3 Å². The number of carbonyl (C=O) groups excluding carboxylic acids is 1. The van der Waals surface area contributed by atoms with Crippen molar-refractivity contribution < 1.29 is 19.4 Å². The number of morpholine rings is 1. The Morgan fingerprint density at radius 1 is 1.27 bits per heavy atom. The van der Waals surface area contributed by atoms with E-state index in [-0.39, 0.29) is 23.9 Å². The van der Waals surface area contributed by atoms with Gasteiger partial charge in [-0.1, -0.05) is 0 Å². The van der Waals surface area contributed by atoms with Gasteiger partial charge in [0.25, 0.3) is 0 Å². The highest BCUT2D eigenvalue weighted by atomic mass is 16.5. The molecule has 1 amide bonds. The number of benzene rings is 1. The van der Waals surface area contributed by atoms with Gasteiger partial charge >= 0.3 is 5.97 Å². The van der Waals surface area contributed by atoms with E-state index in [1.165, 1.54) is 12.1 Å². The Balaban J connectivity index is 1.75. The third-order valence-electron chi connectivity index (χ3n) is 3.50. The van der Waals surface area contributed by atoms with Crippen LogP contribution in [-0.2, 0) is 9.53 Å². The maximum absolute atomic E-state index is 12.0. The van der Waals surface area contributed by atoms with Gasteiger partial charge in [-0.2, -0.15) is 0 Å². The summed E-state index contributed by atoms with van der Waals surface area (Å²) in [6.07, 6.45) is 0.278. The molecule has 0 unspecified atom stereocenters. The molecule has 0 spiro atoms. The summed E-state index contributed by atoms with van der Waals surface area (Å²) in [7, 11) is 0. The molecule has 120 valence electrons. The molecule has 1 aliphatic rings. The highest BCUT2D eigenvalue weighted by Gasteiger charge is 2.19. The van der Waals surface area contributed by atoms with Crippen LogP contribution in [0.15, 0.2) is 24.3 Å². The molecular formula is C15H21N3O4. The molecule has 1 aromatic carbocycles. The average molecular weight is 307 g/mol. The third-order valence-corrected chi connectivity index (χ3v) is 3.50. The van der Waals surface area contributed by atoms with E-state index in [0.717, 1.165) is 5.69 Å². The van der Waals surface area contributed by atoms with Crippen LogP contribution in [0.2, 0.25) is 0 Å². The maximum Gasteiger partial charge on any atom is 0.335 e. The molecule has 0 aromatic heterocycles. The van der Waals surface area contributed by atoms with Crippen molar-refractivity contribution in [3.8, 4) is 0 Å². The van der Waals surface area contributed by atoms with Crippen LogP contribution in [0.5, 0.6) is 0 Å². The Morgan fingerprint density at radius 3 is 2.50 bits per heavy atom. The summed E-state index contributed by atoms with van der Waals surface area (Å²) in [6.45, 7) is 2.85. The summed E-state index contributed by atoms with van der Waals surface area (Å²) in [5.74, 6) is -0.918. The molecule has 0 radical (unpaired) electrons.